The van der Waals surface area contributed by atoms with Gasteiger partial charge in [-0.15, -0.1) is 12.4 Å². The lowest BCUT2D eigenvalue weighted by molar-refractivity contribution is 0.0239. The largest absolute Gasteiger partial charge is 0.350 e. The molecule has 180 valence electrons. The molecule has 4 rings (SSSR count). The van der Waals surface area contributed by atoms with Crippen molar-refractivity contribution in [1.29, 1.82) is 0 Å². The van der Waals surface area contributed by atoms with Crippen LogP contribution in [0.3, 0.4) is 0 Å². The van der Waals surface area contributed by atoms with Gasteiger partial charge in [-0.2, -0.15) is 4.31 Å². The lowest BCUT2D eigenvalue weighted by Crippen LogP contribution is -2.62. The highest BCUT2D eigenvalue weighted by Crippen LogP contribution is 2.35. The Balaban J connectivity index is 0.00000289. The number of nitrogens with one attached hydrogen (secondary N) is 1. The SMILES string of the molecule is Cl.O=C(NCC1(N2CCN(S(=O)(=O)CC3CC3)CC2)CCCCC1)c1c(F)cccc1F. The van der Waals surface area contributed by atoms with E-state index in [1.54, 1.807) is 4.31 Å². The number of piperazine rings is 1. The maximum Gasteiger partial charge on any atom is 0.257 e. The van der Waals surface area contributed by atoms with Gasteiger partial charge in [-0.1, -0.05) is 25.3 Å². The number of hydrogen-bond acceptors (Lipinski definition) is 4. The molecule has 0 aromatic heterocycles. The number of halogens is 3. The van der Waals surface area contributed by atoms with E-state index in [2.05, 4.69) is 10.2 Å². The van der Waals surface area contributed by atoms with Crippen molar-refractivity contribution in [3.63, 3.8) is 0 Å². The summed E-state index contributed by atoms with van der Waals surface area (Å²) >= 11 is 0. The van der Waals surface area contributed by atoms with Crippen LogP contribution in [0.25, 0.3) is 0 Å². The smallest absolute Gasteiger partial charge is 0.257 e. The molecule has 3 fully saturated rings. The monoisotopic (exact) mass is 491 g/mol. The first-order chi connectivity index (χ1) is 14.8. The number of sulfonamides is 1. The molecule has 1 amide bonds. The number of carbonyl (C=O) groups is 1. The van der Waals surface area contributed by atoms with Crippen LogP contribution in [-0.2, 0) is 10.0 Å². The summed E-state index contributed by atoms with van der Waals surface area (Å²) in [6.45, 7) is 2.41. The van der Waals surface area contributed by atoms with Crippen LogP contribution in [0.1, 0.15) is 55.3 Å². The molecule has 2 aliphatic carbocycles. The zero-order valence-corrected chi connectivity index (χ0v) is 19.8. The van der Waals surface area contributed by atoms with Gasteiger partial charge in [0.2, 0.25) is 10.0 Å². The Bertz CT molecular complexity index is 893. The van der Waals surface area contributed by atoms with E-state index in [0.717, 1.165) is 57.1 Å². The molecule has 10 heteroatoms. The van der Waals surface area contributed by atoms with Crippen LogP contribution >= 0.6 is 12.4 Å². The van der Waals surface area contributed by atoms with Gasteiger partial charge in [-0.25, -0.2) is 17.2 Å². The quantitative estimate of drug-likeness (QED) is 0.636. The van der Waals surface area contributed by atoms with Gasteiger partial charge in [-0.3, -0.25) is 9.69 Å². The summed E-state index contributed by atoms with van der Waals surface area (Å²) < 4.78 is 54.8. The summed E-state index contributed by atoms with van der Waals surface area (Å²) in [5.41, 5.74) is -0.855. The molecule has 32 heavy (non-hydrogen) atoms. The van der Waals surface area contributed by atoms with Crippen molar-refractivity contribution in [1.82, 2.24) is 14.5 Å². The van der Waals surface area contributed by atoms with Gasteiger partial charge in [0.05, 0.1) is 5.75 Å². The zero-order valence-electron chi connectivity index (χ0n) is 18.2. The fourth-order valence-electron chi connectivity index (χ4n) is 4.99. The maximum atomic E-state index is 14.0. The minimum Gasteiger partial charge on any atom is -0.350 e. The molecule has 6 nitrogen and oxygen atoms in total. The molecule has 3 aliphatic rings. The van der Waals surface area contributed by atoms with Crippen molar-refractivity contribution in [3.05, 3.63) is 35.4 Å². The first-order valence-electron chi connectivity index (χ1n) is 11.3. The summed E-state index contributed by atoms with van der Waals surface area (Å²) in [4.78, 5) is 14.8. The van der Waals surface area contributed by atoms with Crippen LogP contribution in [0.15, 0.2) is 18.2 Å². The second kappa shape index (κ2) is 10.3. The van der Waals surface area contributed by atoms with E-state index in [0.29, 0.717) is 38.6 Å². The number of nitrogens with zero attached hydrogens (tertiary/aromatic N) is 2. The van der Waals surface area contributed by atoms with E-state index in [9.17, 15) is 22.0 Å². The number of amides is 1. The van der Waals surface area contributed by atoms with E-state index in [1.165, 1.54) is 6.07 Å². The number of carbonyl (C=O) groups excluding carboxylic acids is 1. The molecule has 2 saturated carbocycles. The molecule has 0 radical (unpaired) electrons. The highest BCUT2D eigenvalue weighted by atomic mass is 35.5. The second-order valence-corrected chi connectivity index (χ2v) is 11.2. The van der Waals surface area contributed by atoms with Crippen LogP contribution in [0.5, 0.6) is 0 Å². The van der Waals surface area contributed by atoms with Crippen LogP contribution in [0, 0.1) is 17.6 Å². The Kier molecular flexibility index (Phi) is 8.17. The molecule has 0 bridgehead atoms. The van der Waals surface area contributed by atoms with Crippen molar-refractivity contribution in [3.8, 4) is 0 Å². The predicted molar refractivity (Wildman–Crippen MR) is 121 cm³/mol. The third-order valence-corrected chi connectivity index (χ3v) is 9.04. The minimum absolute atomic E-state index is 0. The van der Waals surface area contributed by atoms with Gasteiger partial charge < -0.3 is 5.32 Å². The fraction of sp³-hybridized carbons (Fsp3) is 0.682. The summed E-state index contributed by atoms with van der Waals surface area (Å²) in [6, 6.07) is 3.40. The third kappa shape index (κ3) is 5.61. The molecular formula is C22H32ClF2N3O3S. The van der Waals surface area contributed by atoms with Crippen molar-refractivity contribution in [2.75, 3.05) is 38.5 Å². The normalized spacial score (nSPS) is 22.2. The van der Waals surface area contributed by atoms with Gasteiger partial charge in [0.25, 0.3) is 5.91 Å². The molecule has 1 aromatic rings. The van der Waals surface area contributed by atoms with Crippen molar-refractivity contribution in [2.24, 2.45) is 5.92 Å². The van der Waals surface area contributed by atoms with E-state index in [-0.39, 0.29) is 23.7 Å². The van der Waals surface area contributed by atoms with Gasteiger partial charge in [0.15, 0.2) is 0 Å². The van der Waals surface area contributed by atoms with E-state index < -0.39 is 33.1 Å². The van der Waals surface area contributed by atoms with Gasteiger partial charge in [-0.05, 0) is 43.7 Å². The highest BCUT2D eigenvalue weighted by Gasteiger charge is 2.42. The average molecular weight is 492 g/mol. The molecule has 0 unspecified atom stereocenters. The van der Waals surface area contributed by atoms with Crippen molar-refractivity contribution >= 4 is 28.3 Å². The topological polar surface area (TPSA) is 69.7 Å². The predicted octanol–water partition coefficient (Wildman–Crippen LogP) is 3.18. The first kappa shape index (κ1) is 25.3. The lowest BCUT2D eigenvalue weighted by Gasteiger charge is -2.49. The van der Waals surface area contributed by atoms with Crippen molar-refractivity contribution < 1.29 is 22.0 Å². The van der Waals surface area contributed by atoms with E-state index in [1.807, 2.05) is 0 Å². The Morgan fingerprint density at radius 3 is 2.19 bits per heavy atom. The first-order valence-corrected chi connectivity index (χ1v) is 12.9. The molecule has 1 aromatic carbocycles. The molecule has 0 atom stereocenters. The second-order valence-electron chi connectivity index (χ2n) is 9.17. The zero-order chi connectivity index (χ0) is 22.1. The molecule has 0 spiro atoms. The average Bonchev–Trinajstić information content (AvgIpc) is 3.56. The lowest BCUT2D eigenvalue weighted by atomic mass is 9.79. The minimum atomic E-state index is -3.21. The Morgan fingerprint density at radius 1 is 1.03 bits per heavy atom. The summed E-state index contributed by atoms with van der Waals surface area (Å²) in [5.74, 6) is -1.91. The van der Waals surface area contributed by atoms with Gasteiger partial charge >= 0.3 is 0 Å². The number of benzene rings is 1. The molecule has 1 saturated heterocycles. The van der Waals surface area contributed by atoms with Gasteiger partial charge in [0.1, 0.15) is 17.2 Å². The maximum absolute atomic E-state index is 14.0. The molecule has 1 aliphatic heterocycles. The van der Waals surface area contributed by atoms with E-state index in [4.69, 9.17) is 0 Å². The molecule has 1 heterocycles. The Morgan fingerprint density at radius 2 is 1.62 bits per heavy atom. The number of rotatable bonds is 7. The van der Waals surface area contributed by atoms with Crippen LogP contribution in [0.2, 0.25) is 0 Å². The Labute approximate surface area is 195 Å². The number of hydrogen-bond donors (Lipinski definition) is 1. The third-order valence-electron chi connectivity index (χ3n) is 7.00. The molecule has 1 N–H and O–H groups in total. The summed E-state index contributed by atoms with van der Waals surface area (Å²) in [7, 11) is -3.21. The summed E-state index contributed by atoms with van der Waals surface area (Å²) in [5, 5.41) is 2.77. The highest BCUT2D eigenvalue weighted by molar-refractivity contribution is 7.89. The van der Waals surface area contributed by atoms with Crippen LogP contribution in [-0.4, -0.2) is 67.5 Å². The standard InChI is InChI=1S/C22H31F2N3O3S.ClH/c23-18-5-4-6-19(24)20(18)21(28)25-16-22(9-2-1-3-10-22)26-11-13-27(14-12-26)31(29,30)15-17-7-8-17;/h4-6,17H,1-3,7-16H2,(H,25,28);1H. The van der Waals surface area contributed by atoms with Gasteiger partial charge in [0, 0.05) is 38.3 Å². The Hall–Kier alpha value is -1.29. The fourth-order valence-corrected chi connectivity index (χ4v) is 6.85. The van der Waals surface area contributed by atoms with Crippen LogP contribution < -0.4 is 5.32 Å². The van der Waals surface area contributed by atoms with Crippen molar-refractivity contribution in [2.45, 2.75) is 50.5 Å². The van der Waals surface area contributed by atoms with Crippen LogP contribution in [0.4, 0.5) is 8.78 Å². The summed E-state index contributed by atoms with van der Waals surface area (Å²) in [6.07, 6.45) is 6.92. The van der Waals surface area contributed by atoms with E-state index >= 15 is 0 Å². The molecular weight excluding hydrogens is 460 g/mol.